The van der Waals surface area contributed by atoms with Crippen molar-refractivity contribution in [1.29, 1.82) is 0 Å². The van der Waals surface area contributed by atoms with Crippen molar-refractivity contribution < 1.29 is 17.6 Å². The van der Waals surface area contributed by atoms with Gasteiger partial charge in [0.25, 0.3) is 0 Å². The fourth-order valence-corrected chi connectivity index (χ4v) is 3.01. The van der Waals surface area contributed by atoms with Crippen LogP contribution in [0.2, 0.25) is 0 Å². The summed E-state index contributed by atoms with van der Waals surface area (Å²) in [5, 5.41) is 14.2. The van der Waals surface area contributed by atoms with E-state index in [0.29, 0.717) is 31.2 Å². The molecule has 0 bridgehead atoms. The second-order valence-corrected chi connectivity index (χ2v) is 7.06. The van der Waals surface area contributed by atoms with Crippen molar-refractivity contribution in [3.63, 3.8) is 0 Å². The summed E-state index contributed by atoms with van der Waals surface area (Å²) in [5.41, 5.74) is 0.570. The van der Waals surface area contributed by atoms with Crippen LogP contribution in [-0.4, -0.2) is 27.3 Å². The first-order valence-corrected chi connectivity index (χ1v) is 10.1. The van der Waals surface area contributed by atoms with E-state index in [1.54, 1.807) is 24.5 Å². The summed E-state index contributed by atoms with van der Waals surface area (Å²) in [6.07, 6.45) is -2.01. The third-order valence-corrected chi connectivity index (χ3v) is 4.70. The molecule has 0 saturated carbocycles. The minimum atomic E-state index is -4.41. The molecule has 0 aliphatic heterocycles. The molecule has 0 spiro atoms. The van der Waals surface area contributed by atoms with Gasteiger partial charge in [-0.25, -0.2) is 9.38 Å². The van der Waals surface area contributed by atoms with Crippen molar-refractivity contribution in [3.05, 3.63) is 83.2 Å². The summed E-state index contributed by atoms with van der Waals surface area (Å²) in [5.74, 6) is 0.956. The van der Waals surface area contributed by atoms with Crippen LogP contribution in [0.15, 0.2) is 59.9 Å². The first-order valence-electron chi connectivity index (χ1n) is 10.1. The van der Waals surface area contributed by atoms with Crippen LogP contribution in [0.3, 0.4) is 0 Å². The molecule has 0 fully saturated rings. The highest BCUT2D eigenvalue weighted by Crippen LogP contribution is 2.29. The number of alkyl halides is 3. The zero-order chi connectivity index (χ0) is 23.0. The Morgan fingerprint density at radius 3 is 2.52 bits per heavy atom. The normalized spacial score (nSPS) is 11.7. The van der Waals surface area contributed by atoms with E-state index in [0.717, 1.165) is 29.9 Å². The average molecular weight is 576 g/mol. The Morgan fingerprint density at radius 1 is 1.06 bits per heavy atom. The van der Waals surface area contributed by atoms with E-state index in [4.69, 9.17) is 0 Å². The number of nitrogens with zero attached hydrogens (tertiary/aromatic N) is 4. The third kappa shape index (κ3) is 8.30. The number of rotatable bonds is 8. The standard InChI is InChI=1S/C22H24F4N6.HI/c1-2-20-31-30-15-32(20)11-10-27-21(28-13-16-6-8-19(23)9-7-16)29-14-17-4-3-5-18(12-17)22(24,25)26;/h3-9,12,15H,2,10-11,13-14H2,1H3,(H2,27,28,29);1H. The highest BCUT2D eigenvalue weighted by Gasteiger charge is 2.30. The minimum Gasteiger partial charge on any atom is -0.355 e. The van der Waals surface area contributed by atoms with Crippen LogP contribution in [-0.2, 0) is 32.2 Å². The van der Waals surface area contributed by atoms with E-state index < -0.39 is 11.7 Å². The minimum absolute atomic E-state index is 0. The van der Waals surface area contributed by atoms with E-state index in [1.165, 1.54) is 18.2 Å². The monoisotopic (exact) mass is 576 g/mol. The largest absolute Gasteiger partial charge is 0.416 e. The molecule has 0 saturated heterocycles. The van der Waals surface area contributed by atoms with Crippen LogP contribution >= 0.6 is 24.0 Å². The van der Waals surface area contributed by atoms with Crippen LogP contribution in [0.1, 0.15) is 29.4 Å². The Morgan fingerprint density at radius 2 is 1.82 bits per heavy atom. The number of hydrogen-bond acceptors (Lipinski definition) is 3. The van der Waals surface area contributed by atoms with Gasteiger partial charge in [0, 0.05) is 26.1 Å². The number of nitrogens with one attached hydrogen (secondary N) is 2. The highest BCUT2D eigenvalue weighted by molar-refractivity contribution is 14.0. The Kier molecular flexibility index (Phi) is 10.1. The Labute approximate surface area is 206 Å². The fourth-order valence-electron chi connectivity index (χ4n) is 3.01. The van der Waals surface area contributed by atoms with E-state index >= 15 is 0 Å². The van der Waals surface area contributed by atoms with Gasteiger partial charge in [-0.3, -0.25) is 0 Å². The molecule has 0 amide bonds. The zero-order valence-electron chi connectivity index (χ0n) is 17.9. The van der Waals surface area contributed by atoms with Crippen molar-refractivity contribution in [3.8, 4) is 0 Å². The molecule has 3 rings (SSSR count). The predicted molar refractivity (Wildman–Crippen MR) is 129 cm³/mol. The second kappa shape index (κ2) is 12.5. The maximum absolute atomic E-state index is 13.1. The van der Waals surface area contributed by atoms with E-state index in [1.807, 2.05) is 11.5 Å². The van der Waals surface area contributed by atoms with Gasteiger partial charge in [0.05, 0.1) is 12.1 Å². The summed E-state index contributed by atoms with van der Waals surface area (Å²) < 4.78 is 53.9. The van der Waals surface area contributed by atoms with Crippen molar-refractivity contribution in [2.24, 2.45) is 4.99 Å². The number of benzene rings is 2. The molecular weight excluding hydrogens is 551 g/mol. The van der Waals surface area contributed by atoms with Gasteiger partial charge in [-0.2, -0.15) is 13.2 Å². The molecule has 2 aromatic carbocycles. The number of hydrogen-bond donors (Lipinski definition) is 2. The summed E-state index contributed by atoms with van der Waals surface area (Å²) >= 11 is 0. The lowest BCUT2D eigenvalue weighted by molar-refractivity contribution is -0.137. The van der Waals surface area contributed by atoms with Crippen molar-refractivity contribution >= 4 is 29.9 Å². The van der Waals surface area contributed by atoms with Gasteiger partial charge in [0.1, 0.15) is 18.0 Å². The number of aliphatic imine (C=N–C) groups is 1. The Balaban J connectivity index is 0.00000385. The molecule has 6 nitrogen and oxygen atoms in total. The lowest BCUT2D eigenvalue weighted by Gasteiger charge is -2.14. The zero-order valence-corrected chi connectivity index (χ0v) is 20.3. The topological polar surface area (TPSA) is 67.1 Å². The summed E-state index contributed by atoms with van der Waals surface area (Å²) in [6, 6.07) is 11.1. The summed E-state index contributed by atoms with van der Waals surface area (Å²) in [4.78, 5) is 4.42. The quantitative estimate of drug-likeness (QED) is 0.179. The second-order valence-electron chi connectivity index (χ2n) is 7.06. The lowest BCUT2D eigenvalue weighted by atomic mass is 10.1. The number of guanidine groups is 1. The molecule has 178 valence electrons. The Bertz CT molecular complexity index is 1030. The van der Waals surface area contributed by atoms with Gasteiger partial charge >= 0.3 is 6.18 Å². The molecule has 2 N–H and O–H groups in total. The van der Waals surface area contributed by atoms with Crippen LogP contribution in [0.25, 0.3) is 0 Å². The first-order chi connectivity index (χ1) is 15.3. The van der Waals surface area contributed by atoms with Crippen molar-refractivity contribution in [1.82, 2.24) is 25.4 Å². The van der Waals surface area contributed by atoms with E-state index in [-0.39, 0.29) is 36.3 Å². The maximum atomic E-state index is 13.1. The van der Waals surface area contributed by atoms with Crippen LogP contribution in [0.5, 0.6) is 0 Å². The van der Waals surface area contributed by atoms with E-state index in [9.17, 15) is 17.6 Å². The maximum Gasteiger partial charge on any atom is 0.416 e. The predicted octanol–water partition coefficient (Wildman–Crippen LogP) is 4.55. The number of aromatic nitrogens is 3. The molecule has 3 aromatic rings. The Hall–Kier alpha value is -2.70. The van der Waals surface area contributed by atoms with Crippen molar-refractivity contribution in [2.75, 3.05) is 6.54 Å². The summed E-state index contributed by atoms with van der Waals surface area (Å²) in [6.45, 7) is 3.52. The molecule has 0 atom stereocenters. The number of halogens is 5. The third-order valence-electron chi connectivity index (χ3n) is 4.70. The van der Waals surface area contributed by atoms with Gasteiger partial charge in [0.2, 0.25) is 0 Å². The molecule has 0 radical (unpaired) electrons. The van der Waals surface area contributed by atoms with Gasteiger partial charge in [0.15, 0.2) is 5.96 Å². The fraction of sp³-hybridized carbons (Fsp3) is 0.318. The highest BCUT2D eigenvalue weighted by atomic mass is 127. The molecule has 11 heteroatoms. The smallest absolute Gasteiger partial charge is 0.355 e. The number of aryl methyl sites for hydroxylation is 1. The van der Waals surface area contributed by atoms with Crippen LogP contribution < -0.4 is 10.6 Å². The average Bonchev–Trinajstić information content (AvgIpc) is 3.23. The molecule has 0 aliphatic carbocycles. The molecule has 33 heavy (non-hydrogen) atoms. The first kappa shape index (κ1) is 26.6. The van der Waals surface area contributed by atoms with Crippen LogP contribution in [0.4, 0.5) is 17.6 Å². The van der Waals surface area contributed by atoms with Crippen LogP contribution in [0, 0.1) is 5.82 Å². The SMILES string of the molecule is CCc1nncn1CCNC(=NCc1cccc(C(F)(F)F)c1)NCc1ccc(F)cc1.I. The molecule has 1 heterocycles. The van der Waals surface area contributed by atoms with Gasteiger partial charge in [-0.05, 0) is 35.4 Å². The lowest BCUT2D eigenvalue weighted by Crippen LogP contribution is -2.38. The van der Waals surface area contributed by atoms with E-state index in [2.05, 4.69) is 25.8 Å². The molecular formula is C22H25F4IN6. The molecule has 1 aromatic heterocycles. The molecule has 0 aliphatic rings. The molecule has 0 unspecified atom stereocenters. The summed E-state index contributed by atoms with van der Waals surface area (Å²) in [7, 11) is 0. The van der Waals surface area contributed by atoms with Gasteiger partial charge < -0.3 is 15.2 Å². The van der Waals surface area contributed by atoms with Gasteiger partial charge in [-0.1, -0.05) is 31.2 Å². The van der Waals surface area contributed by atoms with Gasteiger partial charge in [-0.15, -0.1) is 34.2 Å². The van der Waals surface area contributed by atoms with Crippen molar-refractivity contribution in [2.45, 2.75) is 39.2 Å².